The molecule has 1 saturated carbocycles. The molecule has 8 heteroatoms. The van der Waals surface area contributed by atoms with E-state index in [1.807, 2.05) is 51.1 Å². The molecule has 6 nitrogen and oxygen atoms in total. The number of hydrogen-bond acceptors (Lipinski definition) is 4. The van der Waals surface area contributed by atoms with Crippen LogP contribution in [-0.2, 0) is 29.4 Å². The average Bonchev–Trinajstić information content (AvgIpc) is 3.69. The number of nitrogens with one attached hydrogen (secondary N) is 2. The van der Waals surface area contributed by atoms with Gasteiger partial charge in [-0.05, 0) is 68.9 Å². The van der Waals surface area contributed by atoms with E-state index in [1.165, 1.54) is 10.6 Å². The Morgan fingerprint density at radius 2 is 1.76 bits per heavy atom. The second kappa shape index (κ2) is 13.0. The third-order valence-corrected chi connectivity index (χ3v) is 8.21. The molecule has 1 aliphatic rings. The molecule has 2 aromatic carbocycles. The Labute approximate surface area is 221 Å². The van der Waals surface area contributed by atoms with E-state index < -0.39 is 16.8 Å². The Hall–Kier alpha value is -2.97. The molecule has 0 radical (unpaired) electrons. The van der Waals surface area contributed by atoms with Gasteiger partial charge < -0.3 is 14.8 Å². The molecule has 200 valence electrons. The maximum absolute atomic E-state index is 14.5. The van der Waals surface area contributed by atoms with Crippen LogP contribution in [0.1, 0.15) is 56.2 Å². The van der Waals surface area contributed by atoms with Crippen molar-refractivity contribution in [3.05, 3.63) is 87.5 Å². The lowest BCUT2D eigenvalue weighted by Crippen LogP contribution is -2.27. The summed E-state index contributed by atoms with van der Waals surface area (Å²) >= 11 is 0. The molecule has 0 saturated heterocycles. The second-order valence-electron chi connectivity index (χ2n) is 9.26. The van der Waals surface area contributed by atoms with Crippen molar-refractivity contribution >= 4 is 28.2 Å². The van der Waals surface area contributed by atoms with Gasteiger partial charge in [0, 0.05) is 19.2 Å². The van der Waals surface area contributed by atoms with Crippen molar-refractivity contribution < 1.29 is 13.3 Å². The minimum atomic E-state index is -1.37. The summed E-state index contributed by atoms with van der Waals surface area (Å²) < 4.78 is 37.9. The highest BCUT2D eigenvalue weighted by atomic mass is 32.2. The molecule has 4 rings (SSSR count). The van der Waals surface area contributed by atoms with Gasteiger partial charge in [-0.1, -0.05) is 50.2 Å². The predicted octanol–water partition coefficient (Wildman–Crippen LogP) is 6.52. The maximum Gasteiger partial charge on any atom is 0.254 e. The van der Waals surface area contributed by atoms with E-state index in [9.17, 15) is 13.4 Å². The first kappa shape index (κ1) is 28.6. The Bertz CT molecular complexity index is 1270. The lowest BCUT2D eigenvalue weighted by Gasteiger charge is -2.21. The van der Waals surface area contributed by atoms with Gasteiger partial charge in [-0.25, -0.2) is 8.60 Å². The van der Waals surface area contributed by atoms with Crippen molar-refractivity contribution in [2.24, 2.45) is 7.05 Å². The first-order valence-corrected chi connectivity index (χ1v) is 14.0. The zero-order valence-electron chi connectivity index (χ0n) is 22.4. The fourth-order valence-electron chi connectivity index (χ4n) is 4.11. The Morgan fingerprint density at radius 1 is 1.05 bits per heavy atom. The van der Waals surface area contributed by atoms with E-state index in [0.717, 1.165) is 36.8 Å². The Balaban J connectivity index is 0.00000186. The van der Waals surface area contributed by atoms with Gasteiger partial charge >= 0.3 is 0 Å². The first-order chi connectivity index (χ1) is 17.8. The van der Waals surface area contributed by atoms with Gasteiger partial charge in [0.1, 0.15) is 22.6 Å². The standard InChI is InChI=1S/C27H32FN3O3S.C2H6/c1-19-10-11-23(22(28)16-19)29-25-24(17-20(2)26(32)31(25)3)30-35(33)27(13-14-27)12-7-15-34-18-21-8-5-4-6-9-21;1-2/h4-6,8-11,16-17,29-30H,7,12-15,18H2,1-3H3;1-2H3. The quantitative estimate of drug-likeness (QED) is 0.279. The number of pyridine rings is 1. The largest absolute Gasteiger partial charge is 0.377 e. The predicted molar refractivity (Wildman–Crippen MR) is 151 cm³/mol. The van der Waals surface area contributed by atoms with Gasteiger partial charge in [0.2, 0.25) is 0 Å². The van der Waals surface area contributed by atoms with Crippen LogP contribution >= 0.6 is 0 Å². The van der Waals surface area contributed by atoms with Crippen molar-refractivity contribution in [1.82, 2.24) is 4.57 Å². The van der Waals surface area contributed by atoms with Crippen LogP contribution in [0, 0.1) is 19.7 Å². The average molecular weight is 528 g/mol. The molecule has 37 heavy (non-hydrogen) atoms. The summed E-state index contributed by atoms with van der Waals surface area (Å²) in [5.41, 5.74) is 3.01. The van der Waals surface area contributed by atoms with Crippen LogP contribution in [0.4, 0.5) is 21.6 Å². The fourth-order valence-corrected chi connectivity index (χ4v) is 5.48. The summed E-state index contributed by atoms with van der Waals surface area (Å²) in [5, 5.41) is 3.03. The van der Waals surface area contributed by atoms with Crippen LogP contribution in [0.25, 0.3) is 0 Å². The molecule has 1 fully saturated rings. The van der Waals surface area contributed by atoms with E-state index in [-0.39, 0.29) is 16.0 Å². The van der Waals surface area contributed by atoms with E-state index in [4.69, 9.17) is 4.74 Å². The van der Waals surface area contributed by atoms with Crippen molar-refractivity contribution in [1.29, 1.82) is 0 Å². The SMILES string of the molecule is CC.Cc1ccc(Nc2c(NS(=O)C3(CCCOCc4ccccc4)CC3)cc(C)c(=O)n2C)c(F)c1. The molecular formula is C29H38FN3O3S. The Kier molecular flexibility index (Phi) is 10.1. The van der Waals surface area contributed by atoms with Crippen LogP contribution in [0.15, 0.2) is 59.4 Å². The number of aromatic nitrogens is 1. The lowest BCUT2D eigenvalue weighted by molar-refractivity contribution is 0.117. The molecule has 1 heterocycles. The molecule has 1 unspecified atom stereocenters. The molecule has 3 aromatic rings. The minimum absolute atomic E-state index is 0.201. The zero-order chi connectivity index (χ0) is 27.0. The summed E-state index contributed by atoms with van der Waals surface area (Å²) in [6, 6.07) is 16.6. The van der Waals surface area contributed by atoms with Crippen molar-refractivity contribution in [2.45, 2.75) is 64.7 Å². The van der Waals surface area contributed by atoms with Crippen LogP contribution in [0.5, 0.6) is 0 Å². The monoisotopic (exact) mass is 527 g/mol. The topological polar surface area (TPSA) is 72.4 Å². The summed E-state index contributed by atoms with van der Waals surface area (Å²) in [4.78, 5) is 12.6. The highest BCUT2D eigenvalue weighted by Crippen LogP contribution is 2.46. The summed E-state index contributed by atoms with van der Waals surface area (Å²) in [7, 11) is 0.253. The molecule has 0 aliphatic heterocycles. The van der Waals surface area contributed by atoms with Crippen LogP contribution in [0.3, 0.4) is 0 Å². The second-order valence-corrected chi connectivity index (χ2v) is 10.9. The van der Waals surface area contributed by atoms with Gasteiger partial charge in [0.15, 0.2) is 0 Å². The molecule has 1 aromatic heterocycles. The molecule has 0 spiro atoms. The molecule has 1 atom stereocenters. The first-order valence-electron chi connectivity index (χ1n) is 12.8. The van der Waals surface area contributed by atoms with E-state index >= 15 is 0 Å². The summed E-state index contributed by atoms with van der Waals surface area (Å²) in [5.74, 6) is -0.0436. The number of rotatable bonds is 11. The summed E-state index contributed by atoms with van der Waals surface area (Å²) in [6.07, 6.45) is 3.32. The van der Waals surface area contributed by atoms with Gasteiger partial charge in [-0.3, -0.25) is 9.36 Å². The molecule has 2 N–H and O–H groups in total. The van der Waals surface area contributed by atoms with E-state index in [0.29, 0.717) is 30.3 Å². The van der Waals surface area contributed by atoms with Gasteiger partial charge in [0.25, 0.3) is 5.56 Å². The normalized spacial score (nSPS) is 14.3. The number of ether oxygens (including phenoxy) is 1. The third-order valence-electron chi connectivity index (χ3n) is 6.41. The van der Waals surface area contributed by atoms with Crippen molar-refractivity contribution in [3.63, 3.8) is 0 Å². The fraction of sp³-hybridized carbons (Fsp3) is 0.414. The lowest BCUT2D eigenvalue weighted by atomic mass is 10.2. The molecular weight excluding hydrogens is 489 g/mol. The molecule has 1 aliphatic carbocycles. The smallest absolute Gasteiger partial charge is 0.254 e. The summed E-state index contributed by atoms with van der Waals surface area (Å²) in [6.45, 7) is 8.69. The highest BCUT2D eigenvalue weighted by molar-refractivity contribution is 7.88. The van der Waals surface area contributed by atoms with E-state index in [1.54, 1.807) is 32.2 Å². The number of halogens is 1. The van der Waals surface area contributed by atoms with Crippen LogP contribution in [-0.4, -0.2) is 20.1 Å². The van der Waals surface area contributed by atoms with Crippen LogP contribution < -0.4 is 15.6 Å². The zero-order valence-corrected chi connectivity index (χ0v) is 23.2. The van der Waals surface area contributed by atoms with Gasteiger partial charge in [-0.2, -0.15) is 0 Å². The Morgan fingerprint density at radius 3 is 2.41 bits per heavy atom. The number of aryl methyl sites for hydroxylation is 2. The van der Waals surface area contributed by atoms with Gasteiger partial charge in [-0.15, -0.1) is 0 Å². The maximum atomic E-state index is 14.5. The molecule has 0 bridgehead atoms. The number of anilines is 3. The van der Waals surface area contributed by atoms with Gasteiger partial charge in [0.05, 0.1) is 22.7 Å². The number of benzene rings is 2. The van der Waals surface area contributed by atoms with Crippen LogP contribution in [0.2, 0.25) is 0 Å². The number of hydrogen-bond donors (Lipinski definition) is 2. The number of nitrogens with zero attached hydrogens (tertiary/aromatic N) is 1. The van der Waals surface area contributed by atoms with E-state index in [2.05, 4.69) is 10.0 Å². The van der Waals surface area contributed by atoms with Crippen molar-refractivity contribution in [3.8, 4) is 0 Å². The highest BCUT2D eigenvalue weighted by Gasteiger charge is 2.48. The molecule has 0 amide bonds. The third kappa shape index (κ3) is 7.29. The minimum Gasteiger partial charge on any atom is -0.377 e. The van der Waals surface area contributed by atoms with Crippen molar-refractivity contribution in [2.75, 3.05) is 16.6 Å².